The van der Waals surface area contributed by atoms with Crippen LogP contribution in [0.2, 0.25) is 0 Å². The maximum absolute atomic E-state index is 12.2. The number of ether oxygens (including phenoxy) is 2. The van der Waals surface area contributed by atoms with Gasteiger partial charge in [-0.1, -0.05) is 18.2 Å². The zero-order valence-corrected chi connectivity index (χ0v) is 16.7. The van der Waals surface area contributed by atoms with Crippen molar-refractivity contribution in [1.82, 2.24) is 10.3 Å². The summed E-state index contributed by atoms with van der Waals surface area (Å²) < 4.78 is 10.8. The van der Waals surface area contributed by atoms with Gasteiger partial charge in [0.25, 0.3) is 0 Å². The molecule has 2 saturated heterocycles. The summed E-state index contributed by atoms with van der Waals surface area (Å²) in [6, 6.07) is 11.7. The van der Waals surface area contributed by atoms with Crippen LogP contribution in [0.4, 0.5) is 10.5 Å². The van der Waals surface area contributed by atoms with Crippen molar-refractivity contribution in [3.63, 3.8) is 0 Å². The Morgan fingerprint density at radius 3 is 2.53 bits per heavy atom. The second-order valence-electron chi connectivity index (χ2n) is 8.22. The molecule has 2 aromatic rings. The minimum Gasteiger partial charge on any atom is -0.442 e. The van der Waals surface area contributed by atoms with Crippen LogP contribution in [-0.2, 0) is 19.8 Å². The number of fused-ring (bicyclic) bond motifs is 1. The van der Waals surface area contributed by atoms with E-state index in [-0.39, 0.29) is 17.6 Å². The van der Waals surface area contributed by atoms with Crippen molar-refractivity contribution < 1.29 is 19.1 Å². The van der Waals surface area contributed by atoms with Crippen LogP contribution >= 0.6 is 0 Å². The van der Waals surface area contributed by atoms with Crippen LogP contribution in [0.1, 0.15) is 12.6 Å². The van der Waals surface area contributed by atoms with Crippen molar-refractivity contribution >= 4 is 17.7 Å². The molecule has 5 rings (SSSR count). The minimum atomic E-state index is -0.406. The third-order valence-electron chi connectivity index (χ3n) is 6.37. The fourth-order valence-electron chi connectivity index (χ4n) is 4.52. The molecule has 1 saturated carbocycles. The molecule has 4 atom stereocenters. The Bertz CT molecular complexity index is 966. The van der Waals surface area contributed by atoms with E-state index in [1.165, 1.54) is 6.92 Å². The number of amides is 2. The number of cyclic esters (lactones) is 1. The lowest BCUT2D eigenvalue weighted by molar-refractivity contribution is -0.119. The molecule has 30 heavy (non-hydrogen) atoms. The van der Waals surface area contributed by atoms with E-state index in [0.29, 0.717) is 24.9 Å². The Morgan fingerprint density at radius 1 is 1.20 bits per heavy atom. The molecule has 3 N–H and O–H groups in total. The van der Waals surface area contributed by atoms with Gasteiger partial charge in [-0.3, -0.25) is 14.7 Å². The summed E-state index contributed by atoms with van der Waals surface area (Å²) in [4.78, 5) is 29.4. The monoisotopic (exact) mass is 408 g/mol. The summed E-state index contributed by atoms with van der Waals surface area (Å²) in [5.74, 6) is 0.613. The maximum atomic E-state index is 12.2. The van der Waals surface area contributed by atoms with Gasteiger partial charge in [-0.2, -0.15) is 0 Å². The summed E-state index contributed by atoms with van der Waals surface area (Å²) >= 11 is 0. The molecule has 2 amide bonds. The fourth-order valence-corrected chi connectivity index (χ4v) is 4.52. The van der Waals surface area contributed by atoms with Gasteiger partial charge in [-0.05, 0) is 23.8 Å². The molecular weight excluding hydrogens is 384 g/mol. The van der Waals surface area contributed by atoms with Crippen molar-refractivity contribution in [3.05, 3.63) is 48.3 Å². The lowest BCUT2D eigenvalue weighted by atomic mass is 10.0. The number of benzene rings is 1. The topological polar surface area (TPSA) is 107 Å². The van der Waals surface area contributed by atoms with Crippen LogP contribution in [0.3, 0.4) is 0 Å². The largest absolute Gasteiger partial charge is 0.442 e. The summed E-state index contributed by atoms with van der Waals surface area (Å²) in [6.45, 7) is 3.59. The second-order valence-corrected chi connectivity index (χ2v) is 8.22. The normalized spacial score (nSPS) is 29.5. The van der Waals surface area contributed by atoms with E-state index in [1.807, 2.05) is 42.6 Å². The van der Waals surface area contributed by atoms with E-state index < -0.39 is 6.09 Å². The van der Waals surface area contributed by atoms with Gasteiger partial charge in [-0.15, -0.1) is 0 Å². The summed E-state index contributed by atoms with van der Waals surface area (Å²) in [6.07, 6.45) is 1.09. The number of carbonyl (C=O) groups is 2. The number of rotatable bonds is 5. The number of nitrogens with two attached hydrogens (primary N) is 1. The first-order valence-corrected chi connectivity index (χ1v) is 10.1. The van der Waals surface area contributed by atoms with Crippen LogP contribution in [0.15, 0.2) is 42.6 Å². The van der Waals surface area contributed by atoms with Crippen LogP contribution in [0.25, 0.3) is 11.1 Å². The first-order chi connectivity index (χ1) is 14.5. The van der Waals surface area contributed by atoms with Gasteiger partial charge in [0.1, 0.15) is 6.10 Å². The predicted molar refractivity (Wildman–Crippen MR) is 110 cm³/mol. The van der Waals surface area contributed by atoms with Crippen LogP contribution in [0, 0.1) is 11.8 Å². The molecule has 1 aromatic heterocycles. The Kier molecular flexibility index (Phi) is 4.48. The first kappa shape index (κ1) is 19.0. The number of aromatic nitrogens is 1. The number of hydrogen-bond donors (Lipinski definition) is 2. The van der Waals surface area contributed by atoms with Gasteiger partial charge in [0.05, 0.1) is 37.5 Å². The summed E-state index contributed by atoms with van der Waals surface area (Å²) in [7, 11) is 0. The quantitative estimate of drug-likeness (QED) is 0.779. The standard InChI is InChI=1S/C22H24N4O4/c1-13(27)24-9-17-10-26(21(28)30-17)16-5-2-14(3-6-16)15-4-7-20(25-8-15)22(23)18-11-29-12-19(18)22/h2-8,17-19H,9-12,23H2,1H3,(H,24,27)/t17-,18-,19+,22-/m0/s1. The lowest BCUT2D eigenvalue weighted by Crippen LogP contribution is -2.33. The third kappa shape index (κ3) is 3.12. The van der Waals surface area contributed by atoms with Gasteiger partial charge < -0.3 is 20.5 Å². The molecule has 2 aliphatic heterocycles. The Hall–Kier alpha value is -2.97. The van der Waals surface area contributed by atoms with E-state index in [1.54, 1.807) is 4.90 Å². The SMILES string of the molecule is CC(=O)NC[C@H]1CN(c2ccc(-c3ccc([C@@]4(N)[C@@H]5COC[C@@H]54)nc3)cc2)C(=O)O1. The number of pyridine rings is 1. The molecule has 8 nitrogen and oxygen atoms in total. The fraction of sp³-hybridized carbons (Fsp3) is 0.409. The molecular formula is C22H24N4O4. The highest BCUT2D eigenvalue weighted by molar-refractivity contribution is 5.90. The maximum Gasteiger partial charge on any atom is 0.414 e. The van der Waals surface area contributed by atoms with Crippen molar-refractivity contribution in [2.45, 2.75) is 18.6 Å². The van der Waals surface area contributed by atoms with Crippen molar-refractivity contribution in [3.8, 4) is 11.1 Å². The van der Waals surface area contributed by atoms with Crippen LogP contribution < -0.4 is 16.0 Å². The van der Waals surface area contributed by atoms with E-state index in [9.17, 15) is 9.59 Å². The van der Waals surface area contributed by atoms with Gasteiger partial charge in [0, 0.05) is 36.2 Å². The van der Waals surface area contributed by atoms with Crippen molar-refractivity contribution in [2.24, 2.45) is 17.6 Å². The van der Waals surface area contributed by atoms with E-state index in [0.717, 1.165) is 35.7 Å². The molecule has 0 radical (unpaired) electrons. The highest BCUT2D eigenvalue weighted by Gasteiger charge is 2.66. The molecule has 8 heteroatoms. The molecule has 3 aliphatic rings. The van der Waals surface area contributed by atoms with Crippen LogP contribution in [-0.4, -0.2) is 49.4 Å². The van der Waals surface area contributed by atoms with Gasteiger partial charge in [-0.25, -0.2) is 4.79 Å². The molecule has 1 aromatic carbocycles. The zero-order valence-electron chi connectivity index (χ0n) is 16.7. The Morgan fingerprint density at radius 2 is 1.90 bits per heavy atom. The number of carbonyl (C=O) groups excluding carboxylic acids is 2. The zero-order chi connectivity index (χ0) is 20.9. The first-order valence-electron chi connectivity index (χ1n) is 10.1. The van der Waals surface area contributed by atoms with E-state index in [2.05, 4.69) is 10.3 Å². The van der Waals surface area contributed by atoms with E-state index >= 15 is 0 Å². The minimum absolute atomic E-state index is 0.146. The molecule has 3 fully saturated rings. The molecule has 156 valence electrons. The molecule has 0 bridgehead atoms. The molecule has 1 aliphatic carbocycles. The highest BCUT2D eigenvalue weighted by Crippen LogP contribution is 2.58. The predicted octanol–water partition coefficient (Wildman–Crippen LogP) is 1.64. The number of nitrogens with zero attached hydrogens (tertiary/aromatic N) is 2. The van der Waals surface area contributed by atoms with Gasteiger partial charge >= 0.3 is 6.09 Å². The Balaban J connectivity index is 1.26. The molecule has 0 unspecified atom stereocenters. The van der Waals surface area contributed by atoms with E-state index in [4.69, 9.17) is 15.2 Å². The number of anilines is 1. The van der Waals surface area contributed by atoms with Gasteiger partial charge in [0.2, 0.25) is 5.91 Å². The van der Waals surface area contributed by atoms with Crippen molar-refractivity contribution in [1.29, 1.82) is 0 Å². The van der Waals surface area contributed by atoms with Crippen molar-refractivity contribution in [2.75, 3.05) is 31.2 Å². The summed E-state index contributed by atoms with van der Waals surface area (Å²) in [5.41, 5.74) is 9.87. The third-order valence-corrected chi connectivity index (χ3v) is 6.37. The summed E-state index contributed by atoms with van der Waals surface area (Å²) in [5, 5.41) is 2.68. The second kappa shape index (κ2) is 7.07. The van der Waals surface area contributed by atoms with Crippen LogP contribution in [0.5, 0.6) is 0 Å². The highest BCUT2D eigenvalue weighted by atomic mass is 16.6. The lowest BCUT2D eigenvalue weighted by Gasteiger charge is -2.16. The molecule has 0 spiro atoms. The molecule has 3 heterocycles. The van der Waals surface area contributed by atoms with Gasteiger partial charge in [0.15, 0.2) is 0 Å². The average Bonchev–Trinajstić information content (AvgIpc) is 3.14. The number of nitrogens with one attached hydrogen (secondary N) is 1. The smallest absolute Gasteiger partial charge is 0.414 e. The average molecular weight is 408 g/mol. The number of hydrogen-bond acceptors (Lipinski definition) is 6. The Labute approximate surface area is 174 Å².